The van der Waals surface area contributed by atoms with E-state index in [1.807, 2.05) is 12.1 Å². The molecule has 1 atom stereocenters. The van der Waals surface area contributed by atoms with Gasteiger partial charge in [-0.15, -0.1) is 0 Å². The van der Waals surface area contributed by atoms with Gasteiger partial charge in [0.2, 0.25) is 5.91 Å². The van der Waals surface area contributed by atoms with Crippen LogP contribution in [0, 0.1) is 0 Å². The molecule has 168 valence electrons. The standard InChI is InChI=1S/C23H24ClN3O5/c1-23(16-4-6-17(24)7-5-16)21(29)27(22(30)25-23)13-20(28)26-9-8-14-10-18(31-2)19(32-3)11-15(14)12-26/h4-7,10-11H,8-9,12-13H2,1-3H3,(H,25,30). The highest BCUT2D eigenvalue weighted by Crippen LogP contribution is 2.34. The van der Waals surface area contributed by atoms with Crippen molar-refractivity contribution in [3.8, 4) is 11.5 Å². The van der Waals surface area contributed by atoms with Gasteiger partial charge in [-0.2, -0.15) is 0 Å². The van der Waals surface area contributed by atoms with Gasteiger partial charge in [0.15, 0.2) is 11.5 Å². The summed E-state index contributed by atoms with van der Waals surface area (Å²) in [6.45, 7) is 2.15. The number of ether oxygens (including phenoxy) is 2. The highest BCUT2D eigenvalue weighted by atomic mass is 35.5. The molecule has 4 amide bonds. The van der Waals surface area contributed by atoms with Crippen LogP contribution in [-0.4, -0.2) is 55.0 Å². The first-order valence-electron chi connectivity index (χ1n) is 10.2. The van der Waals surface area contributed by atoms with E-state index in [1.165, 1.54) is 0 Å². The monoisotopic (exact) mass is 457 g/mol. The third kappa shape index (κ3) is 3.75. The predicted molar refractivity (Wildman–Crippen MR) is 118 cm³/mol. The molecule has 0 saturated carbocycles. The molecule has 0 aromatic heterocycles. The van der Waals surface area contributed by atoms with Crippen LogP contribution in [0.4, 0.5) is 4.79 Å². The van der Waals surface area contributed by atoms with E-state index in [0.29, 0.717) is 41.6 Å². The van der Waals surface area contributed by atoms with Gasteiger partial charge >= 0.3 is 6.03 Å². The average molecular weight is 458 g/mol. The van der Waals surface area contributed by atoms with Gasteiger partial charge in [0.05, 0.1) is 14.2 Å². The summed E-state index contributed by atoms with van der Waals surface area (Å²) in [4.78, 5) is 41.3. The van der Waals surface area contributed by atoms with E-state index in [1.54, 1.807) is 50.3 Å². The molecule has 0 bridgehead atoms. The van der Waals surface area contributed by atoms with Crippen molar-refractivity contribution in [1.29, 1.82) is 0 Å². The molecule has 4 rings (SSSR count). The van der Waals surface area contributed by atoms with Gasteiger partial charge < -0.3 is 19.7 Å². The number of urea groups is 1. The number of carbonyl (C=O) groups excluding carboxylic acids is 3. The summed E-state index contributed by atoms with van der Waals surface area (Å²) in [5.41, 5.74) is 1.38. The van der Waals surface area contributed by atoms with Gasteiger partial charge in [-0.1, -0.05) is 23.7 Å². The van der Waals surface area contributed by atoms with Crippen molar-refractivity contribution in [3.63, 3.8) is 0 Å². The number of benzene rings is 2. The number of rotatable bonds is 5. The van der Waals surface area contributed by atoms with Crippen molar-refractivity contribution in [2.75, 3.05) is 27.3 Å². The minimum absolute atomic E-state index is 0.297. The fourth-order valence-corrected chi connectivity index (χ4v) is 4.28. The van der Waals surface area contributed by atoms with Gasteiger partial charge in [-0.3, -0.25) is 14.5 Å². The SMILES string of the molecule is COc1cc2c(cc1OC)CN(C(=O)CN1C(=O)NC(C)(c3ccc(Cl)cc3)C1=O)CC2. The van der Waals surface area contributed by atoms with E-state index in [4.69, 9.17) is 21.1 Å². The van der Waals surface area contributed by atoms with Crippen LogP contribution in [0.1, 0.15) is 23.6 Å². The number of carbonyl (C=O) groups is 3. The van der Waals surface area contributed by atoms with Crippen LogP contribution >= 0.6 is 11.6 Å². The number of methoxy groups -OCH3 is 2. The molecule has 2 aliphatic heterocycles. The van der Waals surface area contributed by atoms with Gasteiger partial charge in [-0.25, -0.2) is 4.79 Å². The van der Waals surface area contributed by atoms with E-state index in [2.05, 4.69) is 5.32 Å². The number of amides is 4. The Labute approximate surface area is 191 Å². The number of imide groups is 1. The smallest absolute Gasteiger partial charge is 0.325 e. The Morgan fingerprint density at radius 1 is 1.09 bits per heavy atom. The topological polar surface area (TPSA) is 88.2 Å². The maximum absolute atomic E-state index is 13.1. The highest BCUT2D eigenvalue weighted by Gasteiger charge is 2.49. The fourth-order valence-electron chi connectivity index (χ4n) is 4.15. The Morgan fingerprint density at radius 2 is 1.72 bits per heavy atom. The molecular formula is C23H24ClN3O5. The van der Waals surface area contributed by atoms with Crippen molar-refractivity contribution in [2.45, 2.75) is 25.4 Å². The second-order valence-corrected chi connectivity index (χ2v) is 8.43. The van der Waals surface area contributed by atoms with E-state index in [0.717, 1.165) is 16.0 Å². The summed E-state index contributed by atoms with van der Waals surface area (Å²) in [6.07, 6.45) is 0.643. The first kappa shape index (κ1) is 22.0. The van der Waals surface area contributed by atoms with Crippen molar-refractivity contribution >= 4 is 29.4 Å². The third-order valence-electron chi connectivity index (χ3n) is 6.06. The first-order valence-corrected chi connectivity index (χ1v) is 10.6. The number of hydrogen-bond acceptors (Lipinski definition) is 5. The Balaban J connectivity index is 1.49. The van der Waals surface area contributed by atoms with E-state index < -0.39 is 17.5 Å². The molecule has 1 N–H and O–H groups in total. The zero-order valence-corrected chi connectivity index (χ0v) is 18.9. The van der Waals surface area contributed by atoms with Crippen LogP contribution in [0.3, 0.4) is 0 Å². The lowest BCUT2D eigenvalue weighted by Gasteiger charge is -2.30. The Hall–Kier alpha value is -3.26. The first-order chi connectivity index (χ1) is 15.3. The average Bonchev–Trinajstić information content (AvgIpc) is 3.01. The van der Waals surface area contributed by atoms with Crippen molar-refractivity contribution in [3.05, 3.63) is 58.1 Å². The lowest BCUT2D eigenvalue weighted by atomic mass is 9.92. The largest absolute Gasteiger partial charge is 0.493 e. The molecule has 2 aromatic rings. The lowest BCUT2D eigenvalue weighted by molar-refractivity contribution is -0.139. The summed E-state index contributed by atoms with van der Waals surface area (Å²) < 4.78 is 10.7. The van der Waals surface area contributed by atoms with E-state index in [-0.39, 0.29) is 12.5 Å². The number of nitrogens with zero attached hydrogens (tertiary/aromatic N) is 2. The minimum atomic E-state index is -1.25. The molecule has 0 spiro atoms. The summed E-state index contributed by atoms with van der Waals surface area (Å²) in [5.74, 6) is 0.469. The van der Waals surface area contributed by atoms with Gasteiger partial charge in [0, 0.05) is 18.1 Å². The number of hydrogen-bond donors (Lipinski definition) is 1. The van der Waals surface area contributed by atoms with Crippen LogP contribution in [0.5, 0.6) is 11.5 Å². The number of halogens is 1. The van der Waals surface area contributed by atoms with Crippen molar-refractivity contribution in [1.82, 2.24) is 15.1 Å². The second-order valence-electron chi connectivity index (χ2n) is 7.99. The van der Waals surface area contributed by atoms with Gasteiger partial charge in [0.1, 0.15) is 12.1 Å². The fraction of sp³-hybridized carbons (Fsp3) is 0.348. The predicted octanol–water partition coefficient (Wildman–Crippen LogP) is 2.71. The quantitative estimate of drug-likeness (QED) is 0.697. The van der Waals surface area contributed by atoms with Gasteiger partial charge in [0.25, 0.3) is 5.91 Å². The highest BCUT2D eigenvalue weighted by molar-refractivity contribution is 6.30. The van der Waals surface area contributed by atoms with Gasteiger partial charge in [-0.05, 0) is 54.3 Å². The molecule has 1 unspecified atom stereocenters. The zero-order valence-electron chi connectivity index (χ0n) is 18.1. The Kier molecular flexibility index (Phi) is 5.73. The molecular weight excluding hydrogens is 434 g/mol. The third-order valence-corrected chi connectivity index (χ3v) is 6.31. The Bertz CT molecular complexity index is 1090. The Morgan fingerprint density at radius 3 is 2.34 bits per heavy atom. The molecule has 1 saturated heterocycles. The summed E-state index contributed by atoms with van der Waals surface area (Å²) in [6, 6.07) is 9.88. The summed E-state index contributed by atoms with van der Waals surface area (Å²) in [5, 5.41) is 3.24. The normalized spacial score (nSPS) is 20.1. The maximum atomic E-state index is 13.1. The van der Waals surface area contributed by atoms with E-state index in [9.17, 15) is 14.4 Å². The van der Waals surface area contributed by atoms with Crippen LogP contribution in [0.25, 0.3) is 0 Å². The molecule has 2 aromatic carbocycles. The lowest BCUT2D eigenvalue weighted by Crippen LogP contribution is -2.45. The maximum Gasteiger partial charge on any atom is 0.325 e. The van der Waals surface area contributed by atoms with Crippen LogP contribution in [-0.2, 0) is 28.1 Å². The molecule has 2 heterocycles. The van der Waals surface area contributed by atoms with Crippen LogP contribution in [0.15, 0.2) is 36.4 Å². The zero-order chi connectivity index (χ0) is 23.0. The van der Waals surface area contributed by atoms with Crippen LogP contribution in [0.2, 0.25) is 5.02 Å². The molecule has 32 heavy (non-hydrogen) atoms. The number of fused-ring (bicyclic) bond motifs is 1. The molecule has 9 heteroatoms. The second kappa shape index (κ2) is 8.35. The van der Waals surface area contributed by atoms with E-state index >= 15 is 0 Å². The van der Waals surface area contributed by atoms with Crippen molar-refractivity contribution < 1.29 is 23.9 Å². The molecule has 2 aliphatic rings. The summed E-state index contributed by atoms with van der Waals surface area (Å²) in [7, 11) is 3.14. The summed E-state index contributed by atoms with van der Waals surface area (Å²) >= 11 is 5.94. The van der Waals surface area contributed by atoms with Crippen molar-refractivity contribution in [2.24, 2.45) is 0 Å². The van der Waals surface area contributed by atoms with Crippen LogP contribution < -0.4 is 14.8 Å². The molecule has 8 nitrogen and oxygen atoms in total. The number of nitrogens with one attached hydrogen (secondary N) is 1. The minimum Gasteiger partial charge on any atom is -0.493 e. The molecule has 0 aliphatic carbocycles. The molecule has 0 radical (unpaired) electrons. The molecule has 1 fully saturated rings.